The fourth-order valence-corrected chi connectivity index (χ4v) is 1.57. The number of rotatable bonds is 11. The Hall–Kier alpha value is -0.323. The molecule has 0 aromatic carbocycles. The molecule has 0 atom stereocenters. The quantitative estimate of drug-likeness (QED) is 0.142. The van der Waals surface area contributed by atoms with Crippen molar-refractivity contribution in [1.82, 2.24) is 0 Å². The first-order chi connectivity index (χ1) is 9.81. The number of hydrogen-bond acceptors (Lipinski definition) is 4. The van der Waals surface area contributed by atoms with Crippen LogP contribution in [-0.2, 0) is 19.9 Å². The van der Waals surface area contributed by atoms with Crippen molar-refractivity contribution in [3.63, 3.8) is 0 Å². The molecule has 0 rings (SSSR count). The van der Waals surface area contributed by atoms with Crippen LogP contribution < -0.4 is 18.9 Å². The van der Waals surface area contributed by atoms with Crippen molar-refractivity contribution in [2.75, 3.05) is 6.61 Å². The number of carbonyl (C=O) groups is 1. The normalized spacial score (nSPS) is 9.95. The Morgan fingerprint density at radius 1 is 1.00 bits per heavy atom. The smallest absolute Gasteiger partial charge is 0.463 e. The van der Waals surface area contributed by atoms with E-state index in [2.05, 4.69) is 13.5 Å². The summed E-state index contributed by atoms with van der Waals surface area (Å²) in [5.74, 6) is -0.312. The van der Waals surface area contributed by atoms with Crippen LogP contribution in [0.15, 0.2) is 12.7 Å². The zero-order valence-electron chi connectivity index (χ0n) is 13.5. The fraction of sp³-hybridized carbons (Fsp3) is 0.714. The molecule has 0 unspecified atom stereocenters. The molecule has 6 nitrogen and oxygen atoms in total. The van der Waals surface area contributed by atoms with Crippen molar-refractivity contribution in [2.45, 2.75) is 57.8 Å². The monoisotopic (exact) mass is 330 g/mol. The van der Waals surface area contributed by atoms with Gasteiger partial charge in [-0.15, -0.1) is 0 Å². The Balaban J connectivity index is -0.000000520. The van der Waals surface area contributed by atoms with Crippen molar-refractivity contribution in [3.8, 4) is 0 Å². The van der Waals surface area contributed by atoms with Gasteiger partial charge in [0.25, 0.3) is 0 Å². The molecule has 0 saturated heterocycles. The molecule has 0 spiro atoms. The maximum Gasteiger partial charge on any atom is 1.00 e. The summed E-state index contributed by atoms with van der Waals surface area (Å²) >= 11 is 0. The van der Waals surface area contributed by atoms with Crippen LogP contribution in [0.1, 0.15) is 57.8 Å². The van der Waals surface area contributed by atoms with Crippen LogP contribution >= 0.6 is 0 Å². The van der Waals surface area contributed by atoms with Gasteiger partial charge in [0.15, 0.2) is 0 Å². The third-order valence-electron chi connectivity index (χ3n) is 2.56. The molecule has 0 heterocycles. The molecular weight excluding hydrogens is 303 g/mol. The Morgan fingerprint density at radius 3 is 1.73 bits per heavy atom. The summed E-state index contributed by atoms with van der Waals surface area (Å²) in [6.07, 6.45) is 12.2. The van der Waals surface area contributed by atoms with Crippen molar-refractivity contribution < 1.29 is 45.9 Å². The number of unbranched alkanes of at least 4 members (excludes halogenated alkanes) is 8. The summed E-state index contributed by atoms with van der Waals surface area (Å²) in [6, 6.07) is 0. The van der Waals surface area contributed by atoms with Crippen molar-refractivity contribution >= 4 is 16.4 Å². The molecule has 22 heavy (non-hydrogen) atoms. The Bertz CT molecular complexity index is 348. The minimum absolute atomic E-state index is 0. The Kier molecular flexibility index (Phi) is 22.6. The summed E-state index contributed by atoms with van der Waals surface area (Å²) in [5, 5.41) is 0. The van der Waals surface area contributed by atoms with Crippen molar-refractivity contribution in [1.29, 1.82) is 0 Å². The summed E-state index contributed by atoms with van der Waals surface area (Å²) in [6.45, 7) is 7.71. The van der Waals surface area contributed by atoms with Crippen LogP contribution in [0.25, 0.3) is 0 Å². The van der Waals surface area contributed by atoms with Crippen molar-refractivity contribution in [3.05, 3.63) is 19.6 Å². The van der Waals surface area contributed by atoms with Gasteiger partial charge in [0.05, 0.1) is 6.61 Å². The fourth-order valence-electron chi connectivity index (χ4n) is 1.57. The number of ether oxygens (including phenoxy) is 1. The topological polar surface area (TPSA) is 101 Å². The van der Waals surface area contributed by atoms with Gasteiger partial charge in [-0.2, -0.15) is 14.8 Å². The van der Waals surface area contributed by atoms with Crippen LogP contribution in [0.2, 0.25) is 0 Å². The molecule has 0 amide bonds. The largest absolute Gasteiger partial charge is 1.00 e. The number of hydrogen-bond donors (Lipinski definition) is 2. The van der Waals surface area contributed by atoms with Crippen LogP contribution in [0.4, 0.5) is 0 Å². The molecule has 0 radical (unpaired) electrons. The van der Waals surface area contributed by atoms with Gasteiger partial charge < -0.3 is 11.7 Å². The standard InChI is InChI=1S/C14H25O2.Li.H2O4S/c1-3-5-6-7-8-9-10-11-12-13-16-14(15)4-2;;1-5(2,3)4/h4H,1-3,5-13H2;;(H2,1,2,3,4)/q-1;+1;. The van der Waals surface area contributed by atoms with E-state index in [1.165, 1.54) is 44.6 Å². The molecule has 0 aromatic heterocycles. The third kappa shape index (κ3) is 36.7. The van der Waals surface area contributed by atoms with Gasteiger partial charge in [-0.1, -0.05) is 51.5 Å². The first-order valence-electron chi connectivity index (χ1n) is 7.09. The van der Waals surface area contributed by atoms with E-state index >= 15 is 0 Å². The maximum absolute atomic E-state index is 10.7. The van der Waals surface area contributed by atoms with E-state index in [0.717, 1.165) is 19.3 Å². The van der Waals surface area contributed by atoms with Crippen molar-refractivity contribution in [2.24, 2.45) is 0 Å². The van der Waals surface area contributed by atoms with Gasteiger partial charge in [-0.25, -0.2) is 4.79 Å². The van der Waals surface area contributed by atoms with Gasteiger partial charge in [0.1, 0.15) is 0 Å². The van der Waals surface area contributed by atoms with Gasteiger partial charge in [-0.05, 0) is 6.42 Å². The first-order valence-corrected chi connectivity index (χ1v) is 8.49. The summed E-state index contributed by atoms with van der Waals surface area (Å²) < 4.78 is 36.5. The number of esters is 1. The minimum atomic E-state index is -4.67. The first kappa shape index (κ1) is 26.6. The zero-order chi connectivity index (χ0) is 16.6. The van der Waals surface area contributed by atoms with Crippen LogP contribution in [-0.4, -0.2) is 30.1 Å². The van der Waals surface area contributed by atoms with Crippen LogP contribution in [0.5, 0.6) is 0 Å². The Morgan fingerprint density at radius 2 is 1.36 bits per heavy atom. The third-order valence-corrected chi connectivity index (χ3v) is 2.56. The second-order valence-electron chi connectivity index (χ2n) is 4.50. The molecule has 8 heteroatoms. The van der Waals surface area contributed by atoms with E-state index in [0.29, 0.717) is 6.61 Å². The molecule has 2 N–H and O–H groups in total. The van der Waals surface area contributed by atoms with E-state index in [1.807, 2.05) is 0 Å². The van der Waals surface area contributed by atoms with E-state index in [1.54, 1.807) is 0 Å². The molecule has 0 bridgehead atoms. The minimum Gasteiger partial charge on any atom is -0.463 e. The molecule has 0 aliphatic rings. The van der Waals surface area contributed by atoms with Gasteiger partial charge in [0, 0.05) is 6.08 Å². The SMILES string of the molecule is C=CC(=O)OCCCCCCCCCC[CH2-].O=S(=O)(O)O.[Li+]. The molecular formula is C14H27LiO6S. The zero-order valence-corrected chi connectivity index (χ0v) is 14.3. The molecule has 0 aliphatic carbocycles. The second-order valence-corrected chi connectivity index (χ2v) is 5.40. The van der Waals surface area contributed by atoms with Gasteiger partial charge >= 0.3 is 35.2 Å². The molecule has 0 aromatic rings. The number of carbonyl (C=O) groups excluding carboxylic acids is 1. The molecule has 0 aliphatic heterocycles. The average Bonchev–Trinajstić information content (AvgIpc) is 2.38. The second kappa shape index (κ2) is 18.7. The maximum atomic E-state index is 10.7. The van der Waals surface area contributed by atoms with Crippen LogP contribution in [0, 0.1) is 6.92 Å². The Labute approximate surface area is 146 Å². The predicted molar refractivity (Wildman–Crippen MR) is 82.2 cm³/mol. The van der Waals surface area contributed by atoms with Crippen LogP contribution in [0.3, 0.4) is 0 Å². The van der Waals surface area contributed by atoms with Gasteiger partial charge in [0.2, 0.25) is 0 Å². The summed E-state index contributed by atoms with van der Waals surface area (Å²) in [5.41, 5.74) is 0. The van der Waals surface area contributed by atoms with E-state index < -0.39 is 10.4 Å². The molecule has 0 saturated carbocycles. The van der Waals surface area contributed by atoms with E-state index in [-0.39, 0.29) is 24.8 Å². The van der Waals surface area contributed by atoms with E-state index in [4.69, 9.17) is 22.3 Å². The van der Waals surface area contributed by atoms with Gasteiger partial charge in [-0.3, -0.25) is 9.11 Å². The van der Waals surface area contributed by atoms with E-state index in [9.17, 15) is 4.79 Å². The summed E-state index contributed by atoms with van der Waals surface area (Å²) in [7, 11) is -4.67. The summed E-state index contributed by atoms with van der Waals surface area (Å²) in [4.78, 5) is 10.7. The predicted octanol–water partition coefficient (Wildman–Crippen LogP) is 0.412. The molecule has 0 fully saturated rings. The average molecular weight is 330 g/mol. The molecule has 126 valence electrons.